The Morgan fingerprint density at radius 2 is 1.87 bits per heavy atom. The van der Waals surface area contributed by atoms with Gasteiger partial charge in [-0.1, -0.05) is 57.1 Å². The molecular formula is C25H32N2O2Si. The number of unbranched alkanes of at least 4 members (excludes halogenated alkanes) is 1. The van der Waals surface area contributed by atoms with Gasteiger partial charge in [0.2, 0.25) is 0 Å². The van der Waals surface area contributed by atoms with E-state index in [1.165, 1.54) is 5.56 Å². The summed E-state index contributed by atoms with van der Waals surface area (Å²) < 4.78 is 7.82. The third-order valence-corrected chi connectivity index (χ3v) is 5.53. The number of fused-ring (bicyclic) bond motifs is 1. The van der Waals surface area contributed by atoms with Crippen molar-refractivity contribution in [1.82, 2.24) is 9.71 Å². The molecule has 4 nitrogen and oxygen atoms in total. The molecule has 0 aliphatic heterocycles. The number of aryl methyl sites for hydroxylation is 1. The van der Waals surface area contributed by atoms with E-state index in [0.29, 0.717) is 6.61 Å². The fourth-order valence-corrected chi connectivity index (χ4v) is 3.59. The highest BCUT2D eigenvalue weighted by Gasteiger charge is 2.10. The van der Waals surface area contributed by atoms with Gasteiger partial charge in [0.15, 0.2) is 0 Å². The maximum Gasteiger partial charge on any atom is 0.143 e. The van der Waals surface area contributed by atoms with Gasteiger partial charge in [0.25, 0.3) is 0 Å². The van der Waals surface area contributed by atoms with Gasteiger partial charge < -0.3 is 9.57 Å². The van der Waals surface area contributed by atoms with Crippen LogP contribution in [0.4, 0.5) is 0 Å². The van der Waals surface area contributed by atoms with E-state index >= 15 is 0 Å². The molecule has 1 aromatic heterocycles. The quantitative estimate of drug-likeness (QED) is 0.277. The lowest BCUT2D eigenvalue weighted by molar-refractivity contribution is 0.117. The fraction of sp³-hybridized carbons (Fsp3) is 0.400. The first-order chi connectivity index (χ1) is 14.4. The van der Waals surface area contributed by atoms with Gasteiger partial charge in [-0.25, -0.2) is 4.98 Å². The Morgan fingerprint density at radius 1 is 1.07 bits per heavy atom. The van der Waals surface area contributed by atoms with Crippen molar-refractivity contribution in [3.05, 3.63) is 59.4 Å². The lowest BCUT2D eigenvalue weighted by Crippen LogP contribution is -2.16. The van der Waals surface area contributed by atoms with Crippen molar-refractivity contribution in [3.63, 3.8) is 0 Å². The molecule has 158 valence electrons. The minimum absolute atomic E-state index is 0.568. The van der Waals surface area contributed by atoms with Gasteiger partial charge in [-0.15, -0.1) is 5.54 Å². The molecule has 0 aliphatic rings. The van der Waals surface area contributed by atoms with Crippen LogP contribution in [0.1, 0.15) is 36.7 Å². The predicted molar refractivity (Wildman–Crippen MR) is 127 cm³/mol. The van der Waals surface area contributed by atoms with Crippen LogP contribution in [0.5, 0.6) is 5.75 Å². The van der Waals surface area contributed by atoms with Crippen LogP contribution in [0.2, 0.25) is 19.6 Å². The molecule has 0 saturated carbocycles. The molecule has 0 aliphatic carbocycles. The highest BCUT2D eigenvalue weighted by Crippen LogP contribution is 2.21. The fourth-order valence-electron chi connectivity index (χ4n) is 3.08. The van der Waals surface area contributed by atoms with E-state index in [-0.39, 0.29) is 0 Å². The van der Waals surface area contributed by atoms with Crippen LogP contribution in [0, 0.1) is 18.4 Å². The average molecular weight is 421 g/mol. The third-order valence-electron chi connectivity index (χ3n) is 4.66. The maximum absolute atomic E-state index is 6.05. The van der Waals surface area contributed by atoms with Crippen LogP contribution in [0.15, 0.2) is 42.5 Å². The lowest BCUT2D eigenvalue weighted by Gasteiger charge is -2.12. The Bertz CT molecular complexity index is 1050. The van der Waals surface area contributed by atoms with E-state index < -0.39 is 8.07 Å². The minimum atomic E-state index is -1.46. The molecule has 0 bridgehead atoms. The van der Waals surface area contributed by atoms with E-state index in [4.69, 9.17) is 9.57 Å². The first-order valence-electron chi connectivity index (χ1n) is 10.7. The second-order valence-electron chi connectivity index (χ2n) is 8.56. The molecule has 30 heavy (non-hydrogen) atoms. The number of benzene rings is 2. The van der Waals surface area contributed by atoms with Crippen LogP contribution in [-0.2, 0) is 6.42 Å². The van der Waals surface area contributed by atoms with E-state index in [2.05, 4.69) is 61.2 Å². The highest BCUT2D eigenvalue weighted by atomic mass is 28.3. The molecule has 5 heteroatoms. The number of aromatic nitrogens is 2. The molecule has 3 rings (SSSR count). The van der Waals surface area contributed by atoms with Crippen molar-refractivity contribution in [2.75, 3.05) is 13.2 Å². The summed E-state index contributed by atoms with van der Waals surface area (Å²) >= 11 is 0. The zero-order valence-corrected chi connectivity index (χ0v) is 19.8. The van der Waals surface area contributed by atoms with Gasteiger partial charge in [0, 0.05) is 6.42 Å². The van der Waals surface area contributed by atoms with Crippen LogP contribution in [0.25, 0.3) is 11.0 Å². The number of hydrogen-bond donors (Lipinski definition) is 0. The van der Waals surface area contributed by atoms with Crippen LogP contribution in [-0.4, -0.2) is 31.0 Å². The molecule has 3 aromatic rings. The summed E-state index contributed by atoms with van der Waals surface area (Å²) in [6, 6.07) is 14.3. The van der Waals surface area contributed by atoms with Crippen molar-refractivity contribution < 1.29 is 9.57 Å². The first kappa shape index (κ1) is 22.0. The SMILES string of the molecule is CCCCOc1ccc(CCOn2c(C)nc3ccccc32)cc1C#C[Si](C)(C)C. The topological polar surface area (TPSA) is 36.3 Å². The average Bonchev–Trinajstić information content (AvgIpc) is 3.02. The van der Waals surface area contributed by atoms with Gasteiger partial charge in [-0.05, 0) is 43.2 Å². The molecule has 1 heterocycles. The molecular weight excluding hydrogens is 388 g/mol. The van der Waals surface area contributed by atoms with E-state index in [1.807, 2.05) is 35.9 Å². The largest absolute Gasteiger partial charge is 0.492 e. The van der Waals surface area contributed by atoms with E-state index in [0.717, 1.165) is 54.0 Å². The number of ether oxygens (including phenoxy) is 1. The molecule has 0 unspecified atom stereocenters. The molecule has 0 atom stereocenters. The van der Waals surface area contributed by atoms with Gasteiger partial charge in [-0.2, -0.15) is 4.73 Å². The van der Waals surface area contributed by atoms with Gasteiger partial charge >= 0.3 is 0 Å². The maximum atomic E-state index is 6.05. The van der Waals surface area contributed by atoms with Crippen LogP contribution < -0.4 is 9.57 Å². The summed E-state index contributed by atoms with van der Waals surface area (Å²) in [5.41, 5.74) is 7.59. The molecule has 0 fully saturated rings. The second-order valence-corrected chi connectivity index (χ2v) is 13.3. The van der Waals surface area contributed by atoms with Crippen molar-refractivity contribution in [1.29, 1.82) is 0 Å². The van der Waals surface area contributed by atoms with Gasteiger partial charge in [0.05, 0.1) is 17.7 Å². The number of imidazole rings is 1. The summed E-state index contributed by atoms with van der Waals surface area (Å²) in [5, 5.41) is 0. The van der Waals surface area contributed by atoms with Crippen molar-refractivity contribution in [2.24, 2.45) is 0 Å². The summed E-state index contributed by atoms with van der Waals surface area (Å²) in [6.07, 6.45) is 2.96. The number of hydrogen-bond acceptors (Lipinski definition) is 3. The Kier molecular flexibility index (Phi) is 7.23. The van der Waals surface area contributed by atoms with Gasteiger partial charge in [0.1, 0.15) is 31.8 Å². The van der Waals surface area contributed by atoms with Gasteiger partial charge in [-0.3, -0.25) is 0 Å². The van der Waals surface area contributed by atoms with E-state index in [9.17, 15) is 0 Å². The van der Waals surface area contributed by atoms with Crippen molar-refractivity contribution >= 4 is 19.1 Å². The molecule has 0 N–H and O–H groups in total. The molecule has 0 spiro atoms. The van der Waals surface area contributed by atoms with Crippen molar-refractivity contribution in [2.45, 2.75) is 52.8 Å². The Labute approximate surface area is 181 Å². The normalized spacial score (nSPS) is 11.2. The third kappa shape index (κ3) is 5.90. The summed E-state index contributed by atoms with van der Waals surface area (Å²) in [4.78, 5) is 10.6. The number of rotatable bonds is 8. The Hall–Kier alpha value is -2.71. The summed E-state index contributed by atoms with van der Waals surface area (Å²) in [7, 11) is -1.46. The van der Waals surface area contributed by atoms with Crippen molar-refractivity contribution in [3.8, 4) is 17.2 Å². The molecule has 0 saturated heterocycles. The standard InChI is InChI=1S/C25H32N2O2Si/c1-6-7-16-28-25-13-12-21(19-22(25)15-18-30(3,4)5)14-17-29-27-20(2)26-23-10-8-9-11-24(23)27/h8-13,19H,6-7,14,16-17H2,1-5H3. The Morgan fingerprint density at radius 3 is 2.63 bits per heavy atom. The molecule has 0 radical (unpaired) electrons. The molecule has 2 aromatic carbocycles. The highest BCUT2D eigenvalue weighted by molar-refractivity contribution is 6.83. The van der Waals surface area contributed by atoms with Crippen LogP contribution >= 0.6 is 0 Å². The smallest absolute Gasteiger partial charge is 0.143 e. The predicted octanol–water partition coefficient (Wildman–Crippen LogP) is 5.42. The minimum Gasteiger partial charge on any atom is -0.492 e. The first-order valence-corrected chi connectivity index (χ1v) is 14.2. The monoisotopic (exact) mass is 420 g/mol. The molecule has 0 amide bonds. The zero-order valence-electron chi connectivity index (χ0n) is 18.8. The number of para-hydroxylation sites is 2. The number of nitrogens with zero attached hydrogens (tertiary/aromatic N) is 2. The second kappa shape index (κ2) is 9.86. The van der Waals surface area contributed by atoms with Crippen LogP contribution in [0.3, 0.4) is 0 Å². The Balaban J connectivity index is 1.73. The zero-order chi connectivity index (χ0) is 21.6. The summed E-state index contributed by atoms with van der Waals surface area (Å²) in [5.74, 6) is 5.13. The summed E-state index contributed by atoms with van der Waals surface area (Å²) in [6.45, 7) is 12.2. The lowest BCUT2D eigenvalue weighted by atomic mass is 10.1. The van der Waals surface area contributed by atoms with E-state index in [1.54, 1.807) is 0 Å².